The van der Waals surface area contributed by atoms with Crippen LogP contribution in [0, 0.1) is 0 Å². The number of hydrogen-bond acceptors (Lipinski definition) is 4. The fourth-order valence-electron chi connectivity index (χ4n) is 3.58. The van der Waals surface area contributed by atoms with Gasteiger partial charge >= 0.3 is 0 Å². The largest absolute Gasteiger partial charge is 0.484 e. The Hall–Kier alpha value is -2.08. The Balaban J connectivity index is 1.49. The number of hydrogen-bond donors (Lipinski definition) is 0. The van der Waals surface area contributed by atoms with Crippen molar-refractivity contribution in [2.75, 3.05) is 39.8 Å². The molecule has 0 aromatic heterocycles. The summed E-state index contributed by atoms with van der Waals surface area (Å²) in [6.07, 6.45) is 3.39. The first-order chi connectivity index (χ1) is 12.5. The number of ether oxygens (including phenoxy) is 1. The van der Waals surface area contributed by atoms with Gasteiger partial charge in [0.25, 0.3) is 5.91 Å². The molecular formula is C20H29N3O3. The summed E-state index contributed by atoms with van der Waals surface area (Å²) in [6.45, 7) is 6.15. The molecule has 2 aliphatic rings. The molecule has 1 atom stereocenters. The van der Waals surface area contributed by atoms with E-state index in [4.69, 9.17) is 4.74 Å². The minimum absolute atomic E-state index is 0.0681. The first-order valence-corrected chi connectivity index (χ1v) is 9.53. The molecule has 0 bridgehead atoms. The minimum atomic E-state index is -0.0909. The number of likely N-dealkylation sites (N-methyl/N-ethyl adjacent to an activating group) is 1. The van der Waals surface area contributed by atoms with E-state index < -0.39 is 0 Å². The summed E-state index contributed by atoms with van der Waals surface area (Å²) in [6, 6.07) is 7.74. The van der Waals surface area contributed by atoms with Crippen molar-refractivity contribution in [2.24, 2.45) is 0 Å². The normalized spacial score (nSPS) is 21.8. The van der Waals surface area contributed by atoms with Crippen LogP contribution in [-0.4, -0.2) is 72.4 Å². The van der Waals surface area contributed by atoms with Gasteiger partial charge in [0.05, 0.1) is 6.04 Å². The first-order valence-electron chi connectivity index (χ1n) is 9.53. The summed E-state index contributed by atoms with van der Waals surface area (Å²) in [5.41, 5.74) is 1.14. The Morgan fingerprint density at radius 3 is 2.46 bits per heavy atom. The molecule has 6 heteroatoms. The second-order valence-corrected chi connectivity index (χ2v) is 7.28. The summed E-state index contributed by atoms with van der Waals surface area (Å²) in [4.78, 5) is 30.1. The third kappa shape index (κ3) is 4.55. The number of benzene rings is 1. The van der Waals surface area contributed by atoms with E-state index in [0.717, 1.165) is 51.1 Å². The Morgan fingerprint density at radius 2 is 1.77 bits per heavy atom. The summed E-state index contributed by atoms with van der Waals surface area (Å²) in [5.74, 6) is 0.951. The van der Waals surface area contributed by atoms with Crippen molar-refractivity contribution in [1.82, 2.24) is 14.7 Å². The van der Waals surface area contributed by atoms with E-state index in [1.165, 1.54) is 6.42 Å². The summed E-state index contributed by atoms with van der Waals surface area (Å²) < 4.78 is 5.65. The fourth-order valence-corrected chi connectivity index (χ4v) is 3.58. The maximum absolute atomic E-state index is 12.2. The fraction of sp³-hybridized carbons (Fsp3) is 0.600. The predicted octanol–water partition coefficient (Wildman–Crippen LogP) is 1.74. The molecule has 0 spiro atoms. The van der Waals surface area contributed by atoms with E-state index in [1.54, 1.807) is 4.90 Å². The van der Waals surface area contributed by atoms with E-state index in [1.807, 2.05) is 43.1 Å². The molecule has 0 radical (unpaired) electrons. The van der Waals surface area contributed by atoms with E-state index >= 15 is 0 Å². The van der Waals surface area contributed by atoms with Gasteiger partial charge in [-0.05, 0) is 43.9 Å². The zero-order valence-electron chi connectivity index (χ0n) is 15.8. The van der Waals surface area contributed by atoms with Crippen LogP contribution in [0.15, 0.2) is 24.3 Å². The van der Waals surface area contributed by atoms with E-state index in [2.05, 4.69) is 4.90 Å². The van der Waals surface area contributed by atoms with Gasteiger partial charge < -0.3 is 14.5 Å². The predicted molar refractivity (Wildman–Crippen MR) is 99.9 cm³/mol. The van der Waals surface area contributed by atoms with Crippen LogP contribution in [0.1, 0.15) is 31.7 Å². The van der Waals surface area contributed by atoms with Crippen LogP contribution in [0.5, 0.6) is 5.75 Å². The average molecular weight is 359 g/mol. The van der Waals surface area contributed by atoms with Gasteiger partial charge in [-0.3, -0.25) is 14.5 Å². The second kappa shape index (κ2) is 8.54. The minimum Gasteiger partial charge on any atom is -0.484 e. The topological polar surface area (TPSA) is 53.1 Å². The molecular weight excluding hydrogens is 330 g/mol. The van der Waals surface area contributed by atoms with Gasteiger partial charge in [-0.15, -0.1) is 0 Å². The van der Waals surface area contributed by atoms with Gasteiger partial charge in [0.2, 0.25) is 5.91 Å². The van der Waals surface area contributed by atoms with Gasteiger partial charge in [-0.1, -0.05) is 12.1 Å². The lowest BCUT2D eigenvalue weighted by Gasteiger charge is -2.37. The molecule has 3 rings (SSSR count). The van der Waals surface area contributed by atoms with Crippen molar-refractivity contribution in [2.45, 2.75) is 38.8 Å². The summed E-state index contributed by atoms with van der Waals surface area (Å²) in [7, 11) is 1.85. The van der Waals surface area contributed by atoms with Crippen LogP contribution >= 0.6 is 0 Å². The number of piperazine rings is 1. The quantitative estimate of drug-likeness (QED) is 0.804. The zero-order chi connectivity index (χ0) is 18.5. The standard InChI is InChI=1S/C20H29N3O3/c1-16-20(25)21(2)12-13-23(16)14-17-6-8-18(9-7-17)26-15-19(24)22-10-4-3-5-11-22/h6-9,16H,3-5,10-15H2,1-2H3/t16-/m0/s1. The maximum Gasteiger partial charge on any atom is 0.260 e. The Kier molecular flexibility index (Phi) is 6.14. The third-order valence-electron chi connectivity index (χ3n) is 5.38. The van der Waals surface area contributed by atoms with Gasteiger partial charge in [-0.25, -0.2) is 0 Å². The highest BCUT2D eigenvalue weighted by Gasteiger charge is 2.29. The molecule has 6 nitrogen and oxygen atoms in total. The van der Waals surface area contributed by atoms with E-state index in [0.29, 0.717) is 5.75 Å². The first kappa shape index (κ1) is 18.7. The molecule has 1 aromatic carbocycles. The molecule has 0 unspecified atom stereocenters. The molecule has 0 N–H and O–H groups in total. The van der Waals surface area contributed by atoms with Crippen LogP contribution in [0.2, 0.25) is 0 Å². The Bertz CT molecular complexity index is 626. The number of rotatable bonds is 5. The van der Waals surface area contributed by atoms with Crippen LogP contribution in [0.4, 0.5) is 0 Å². The number of likely N-dealkylation sites (tertiary alicyclic amines) is 1. The van der Waals surface area contributed by atoms with Crippen molar-refractivity contribution < 1.29 is 14.3 Å². The number of piperidine rings is 1. The zero-order valence-corrected chi connectivity index (χ0v) is 15.8. The smallest absolute Gasteiger partial charge is 0.260 e. The molecule has 2 saturated heterocycles. The Labute approximate surface area is 155 Å². The van der Waals surface area contributed by atoms with Crippen LogP contribution in [0.25, 0.3) is 0 Å². The van der Waals surface area contributed by atoms with E-state index in [9.17, 15) is 9.59 Å². The number of amides is 2. The lowest BCUT2D eigenvalue weighted by Crippen LogP contribution is -2.53. The van der Waals surface area contributed by atoms with Crippen LogP contribution in [0.3, 0.4) is 0 Å². The second-order valence-electron chi connectivity index (χ2n) is 7.28. The van der Waals surface area contributed by atoms with Crippen molar-refractivity contribution in [3.63, 3.8) is 0 Å². The Morgan fingerprint density at radius 1 is 1.08 bits per heavy atom. The summed E-state index contributed by atoms with van der Waals surface area (Å²) >= 11 is 0. The molecule has 1 aromatic rings. The lowest BCUT2D eigenvalue weighted by molar-refractivity contribution is -0.139. The number of carbonyl (C=O) groups excluding carboxylic acids is 2. The number of carbonyl (C=O) groups is 2. The SMILES string of the molecule is C[C@H]1C(=O)N(C)CCN1Cc1ccc(OCC(=O)N2CCCCC2)cc1. The number of nitrogens with zero attached hydrogens (tertiary/aromatic N) is 3. The molecule has 2 fully saturated rings. The molecule has 2 heterocycles. The van der Waals surface area contributed by atoms with Crippen molar-refractivity contribution >= 4 is 11.8 Å². The molecule has 0 aliphatic carbocycles. The van der Waals surface area contributed by atoms with Crippen molar-refractivity contribution in [1.29, 1.82) is 0 Å². The van der Waals surface area contributed by atoms with Crippen LogP contribution in [-0.2, 0) is 16.1 Å². The highest BCUT2D eigenvalue weighted by Crippen LogP contribution is 2.18. The molecule has 2 amide bonds. The van der Waals surface area contributed by atoms with Gasteiger partial charge in [-0.2, -0.15) is 0 Å². The van der Waals surface area contributed by atoms with E-state index in [-0.39, 0.29) is 24.5 Å². The average Bonchev–Trinajstić information content (AvgIpc) is 2.68. The lowest BCUT2D eigenvalue weighted by atomic mass is 10.1. The highest BCUT2D eigenvalue weighted by molar-refractivity contribution is 5.82. The molecule has 0 saturated carbocycles. The van der Waals surface area contributed by atoms with Crippen LogP contribution < -0.4 is 4.74 Å². The van der Waals surface area contributed by atoms with Gasteiger partial charge in [0.1, 0.15) is 5.75 Å². The maximum atomic E-state index is 12.2. The molecule has 26 heavy (non-hydrogen) atoms. The van der Waals surface area contributed by atoms with Crippen molar-refractivity contribution in [3.8, 4) is 5.75 Å². The summed E-state index contributed by atoms with van der Waals surface area (Å²) in [5, 5.41) is 0. The third-order valence-corrected chi connectivity index (χ3v) is 5.38. The monoisotopic (exact) mass is 359 g/mol. The molecule has 142 valence electrons. The molecule has 2 aliphatic heterocycles. The van der Waals surface area contributed by atoms with Gasteiger partial charge in [0.15, 0.2) is 6.61 Å². The highest BCUT2D eigenvalue weighted by atomic mass is 16.5. The van der Waals surface area contributed by atoms with Crippen molar-refractivity contribution in [3.05, 3.63) is 29.8 Å². The van der Waals surface area contributed by atoms with Gasteiger partial charge in [0, 0.05) is 39.8 Å².